The minimum absolute atomic E-state index is 0.582. The Balaban J connectivity index is 2.63. The molecule has 1 aromatic heterocycles. The van der Waals surface area contributed by atoms with Gasteiger partial charge in [-0.15, -0.1) is 0 Å². The number of hydrogen-bond acceptors (Lipinski definition) is 3. The molecule has 0 aliphatic heterocycles. The Bertz CT molecular complexity index is 279. The summed E-state index contributed by atoms with van der Waals surface area (Å²) < 4.78 is 0. The van der Waals surface area contributed by atoms with E-state index in [2.05, 4.69) is 42.0 Å². The molecule has 0 fully saturated rings. The number of aromatic nitrogens is 1. The van der Waals surface area contributed by atoms with Crippen LogP contribution in [0.1, 0.15) is 26.3 Å². The summed E-state index contributed by atoms with van der Waals surface area (Å²) in [6, 6.07) is 4.73. The van der Waals surface area contributed by atoms with Gasteiger partial charge in [-0.25, -0.2) is 4.98 Å². The number of nitrogens with zero attached hydrogens (tertiary/aromatic N) is 2. The van der Waals surface area contributed by atoms with Crippen molar-refractivity contribution >= 4 is 5.82 Å². The molecule has 1 aromatic rings. The van der Waals surface area contributed by atoms with E-state index < -0.39 is 0 Å². The van der Waals surface area contributed by atoms with E-state index in [4.69, 9.17) is 0 Å². The van der Waals surface area contributed by atoms with Crippen molar-refractivity contribution in [2.75, 3.05) is 18.9 Å². The van der Waals surface area contributed by atoms with Gasteiger partial charge >= 0.3 is 0 Å². The maximum atomic E-state index is 4.31. The topological polar surface area (TPSA) is 28.2 Å². The zero-order valence-electron chi connectivity index (χ0n) is 10.1. The second kappa shape index (κ2) is 5.71. The van der Waals surface area contributed by atoms with E-state index in [1.807, 2.05) is 19.3 Å². The van der Waals surface area contributed by atoms with E-state index in [0.29, 0.717) is 6.04 Å². The minimum Gasteiger partial charge on any atom is -0.373 e. The van der Waals surface area contributed by atoms with Crippen LogP contribution in [0.3, 0.4) is 0 Å². The summed E-state index contributed by atoms with van der Waals surface area (Å²) in [5.41, 5.74) is 1.27. The van der Waals surface area contributed by atoms with Gasteiger partial charge < -0.3 is 5.32 Å². The number of nitrogens with one attached hydrogen (secondary N) is 1. The van der Waals surface area contributed by atoms with Crippen LogP contribution in [0.25, 0.3) is 0 Å². The van der Waals surface area contributed by atoms with Gasteiger partial charge in [0.1, 0.15) is 5.82 Å². The lowest BCUT2D eigenvalue weighted by molar-refractivity contribution is 0.224. The number of anilines is 1. The molecule has 3 nitrogen and oxygen atoms in total. The van der Waals surface area contributed by atoms with Gasteiger partial charge in [-0.1, -0.05) is 13.0 Å². The molecule has 0 saturated carbocycles. The second-order valence-corrected chi connectivity index (χ2v) is 3.96. The Hall–Kier alpha value is -1.09. The summed E-state index contributed by atoms with van der Waals surface area (Å²) >= 11 is 0. The van der Waals surface area contributed by atoms with Gasteiger partial charge in [-0.2, -0.15) is 0 Å². The van der Waals surface area contributed by atoms with Gasteiger partial charge in [0.25, 0.3) is 0 Å². The van der Waals surface area contributed by atoms with Crippen molar-refractivity contribution in [2.45, 2.75) is 33.4 Å². The first-order valence-electron chi connectivity index (χ1n) is 5.54. The van der Waals surface area contributed by atoms with Gasteiger partial charge in [0.2, 0.25) is 0 Å². The molecule has 84 valence electrons. The zero-order chi connectivity index (χ0) is 11.3. The van der Waals surface area contributed by atoms with Gasteiger partial charge in [-0.05, 0) is 32.0 Å². The van der Waals surface area contributed by atoms with Crippen molar-refractivity contribution in [3.8, 4) is 0 Å². The smallest absolute Gasteiger partial charge is 0.125 e. The number of rotatable bonds is 5. The van der Waals surface area contributed by atoms with Crippen LogP contribution in [0.4, 0.5) is 5.82 Å². The van der Waals surface area contributed by atoms with Crippen molar-refractivity contribution in [3.63, 3.8) is 0 Å². The molecule has 0 aliphatic rings. The summed E-state index contributed by atoms with van der Waals surface area (Å²) in [7, 11) is 1.88. The number of pyridine rings is 1. The molecule has 15 heavy (non-hydrogen) atoms. The fourth-order valence-electron chi connectivity index (χ4n) is 1.56. The summed E-state index contributed by atoms with van der Waals surface area (Å²) in [6.07, 6.45) is 1.94. The monoisotopic (exact) mass is 207 g/mol. The SMILES string of the molecule is CCN(Cc1ccc(NC)nc1)C(C)C. The standard InChI is InChI=1S/C12H21N3/c1-5-15(10(2)3)9-11-6-7-12(13-4)14-8-11/h6-8,10H,5,9H2,1-4H3,(H,13,14). The summed E-state index contributed by atoms with van der Waals surface area (Å²) in [5.74, 6) is 0.923. The minimum atomic E-state index is 0.582. The van der Waals surface area contributed by atoms with Crippen molar-refractivity contribution in [2.24, 2.45) is 0 Å². The molecular formula is C12H21N3. The van der Waals surface area contributed by atoms with E-state index in [1.54, 1.807) is 0 Å². The lowest BCUT2D eigenvalue weighted by Gasteiger charge is -2.24. The van der Waals surface area contributed by atoms with Gasteiger partial charge in [0.15, 0.2) is 0 Å². The summed E-state index contributed by atoms with van der Waals surface area (Å²) in [6.45, 7) is 8.68. The molecule has 0 aromatic carbocycles. The van der Waals surface area contributed by atoms with Crippen molar-refractivity contribution < 1.29 is 0 Å². The van der Waals surface area contributed by atoms with Crippen LogP contribution in [0.5, 0.6) is 0 Å². The van der Waals surface area contributed by atoms with Crippen LogP contribution in [-0.2, 0) is 6.54 Å². The largest absolute Gasteiger partial charge is 0.373 e. The lowest BCUT2D eigenvalue weighted by Crippen LogP contribution is -2.29. The van der Waals surface area contributed by atoms with Crippen molar-refractivity contribution in [1.82, 2.24) is 9.88 Å². The average Bonchev–Trinajstić information content (AvgIpc) is 2.26. The van der Waals surface area contributed by atoms with Crippen LogP contribution >= 0.6 is 0 Å². The first-order valence-corrected chi connectivity index (χ1v) is 5.54. The molecule has 1 rings (SSSR count). The Labute approximate surface area is 92.5 Å². The fraction of sp³-hybridized carbons (Fsp3) is 0.583. The highest BCUT2D eigenvalue weighted by atomic mass is 15.1. The first-order chi connectivity index (χ1) is 7.17. The molecule has 3 heteroatoms. The third-order valence-electron chi connectivity index (χ3n) is 2.60. The summed E-state index contributed by atoms with van der Waals surface area (Å²) in [5, 5.41) is 3.02. The van der Waals surface area contributed by atoms with Crippen LogP contribution in [0.2, 0.25) is 0 Å². The van der Waals surface area contributed by atoms with E-state index in [0.717, 1.165) is 18.9 Å². The average molecular weight is 207 g/mol. The second-order valence-electron chi connectivity index (χ2n) is 3.96. The van der Waals surface area contributed by atoms with E-state index in [1.165, 1.54) is 5.56 Å². The molecular weight excluding hydrogens is 186 g/mol. The molecule has 0 unspecified atom stereocenters. The molecule has 0 bridgehead atoms. The molecule has 0 atom stereocenters. The zero-order valence-corrected chi connectivity index (χ0v) is 10.1. The highest BCUT2D eigenvalue weighted by Gasteiger charge is 2.07. The molecule has 0 saturated heterocycles. The number of hydrogen-bond donors (Lipinski definition) is 1. The Morgan fingerprint density at radius 2 is 2.13 bits per heavy atom. The van der Waals surface area contributed by atoms with Crippen molar-refractivity contribution in [3.05, 3.63) is 23.9 Å². The highest BCUT2D eigenvalue weighted by molar-refractivity contribution is 5.34. The predicted molar refractivity (Wildman–Crippen MR) is 65.0 cm³/mol. The van der Waals surface area contributed by atoms with E-state index in [9.17, 15) is 0 Å². The third kappa shape index (κ3) is 3.51. The van der Waals surface area contributed by atoms with E-state index >= 15 is 0 Å². The molecule has 0 spiro atoms. The normalized spacial score (nSPS) is 11.1. The maximum absolute atomic E-state index is 4.31. The van der Waals surface area contributed by atoms with Gasteiger partial charge in [0, 0.05) is 25.8 Å². The maximum Gasteiger partial charge on any atom is 0.125 e. The predicted octanol–water partition coefficient (Wildman–Crippen LogP) is 2.35. The third-order valence-corrected chi connectivity index (χ3v) is 2.60. The Kier molecular flexibility index (Phi) is 4.56. The highest BCUT2D eigenvalue weighted by Crippen LogP contribution is 2.09. The van der Waals surface area contributed by atoms with Crippen LogP contribution < -0.4 is 5.32 Å². The molecule has 0 radical (unpaired) electrons. The van der Waals surface area contributed by atoms with Crippen molar-refractivity contribution in [1.29, 1.82) is 0 Å². The Morgan fingerprint density at radius 1 is 1.40 bits per heavy atom. The Morgan fingerprint density at radius 3 is 2.53 bits per heavy atom. The fourth-order valence-corrected chi connectivity index (χ4v) is 1.56. The molecule has 0 aliphatic carbocycles. The quantitative estimate of drug-likeness (QED) is 0.803. The first kappa shape index (κ1) is 12.0. The molecule has 0 amide bonds. The van der Waals surface area contributed by atoms with Crippen LogP contribution in [0, 0.1) is 0 Å². The van der Waals surface area contributed by atoms with Crippen LogP contribution in [-0.4, -0.2) is 29.5 Å². The lowest BCUT2D eigenvalue weighted by atomic mass is 10.2. The van der Waals surface area contributed by atoms with Crippen LogP contribution in [0.15, 0.2) is 18.3 Å². The van der Waals surface area contributed by atoms with E-state index in [-0.39, 0.29) is 0 Å². The molecule has 1 heterocycles. The summed E-state index contributed by atoms with van der Waals surface area (Å²) in [4.78, 5) is 6.72. The van der Waals surface area contributed by atoms with Gasteiger partial charge in [0.05, 0.1) is 0 Å². The molecule has 1 N–H and O–H groups in total. The van der Waals surface area contributed by atoms with Gasteiger partial charge in [-0.3, -0.25) is 4.90 Å².